The molecule has 1 aliphatic heterocycles. The Morgan fingerprint density at radius 3 is 2.80 bits per heavy atom. The van der Waals surface area contributed by atoms with Crippen LogP contribution in [0.25, 0.3) is 0 Å². The van der Waals surface area contributed by atoms with Crippen LogP contribution in [0.4, 0.5) is 0 Å². The number of hydrogen-bond donors (Lipinski definition) is 1. The fraction of sp³-hybridized carbons (Fsp3) is 0.533. The first kappa shape index (κ1) is 14.7. The Labute approximate surface area is 118 Å². The lowest BCUT2D eigenvalue weighted by molar-refractivity contribution is -0.136. The molecule has 0 atom stereocenters. The lowest BCUT2D eigenvalue weighted by Gasteiger charge is -2.24. The Hall–Kier alpha value is -1.75. The molecule has 1 fully saturated rings. The first-order valence-electron chi connectivity index (χ1n) is 6.82. The molecular formula is C15H20O5. The third kappa shape index (κ3) is 3.87. The molecule has 2 rings (SSSR count). The summed E-state index contributed by atoms with van der Waals surface area (Å²) >= 11 is 0. The summed E-state index contributed by atoms with van der Waals surface area (Å²) in [5, 5.41) is 8.78. The lowest BCUT2D eigenvalue weighted by Crippen LogP contribution is -2.26. The maximum atomic E-state index is 10.7. The van der Waals surface area contributed by atoms with E-state index in [0.717, 1.165) is 18.4 Å². The standard InChI is InChI=1S/C15H20O5/c1-18-15-11(5-6-14(16)17)3-2-4-13(15)20-12-7-9-19-10-8-12/h2-4,12H,5-10H2,1H3,(H,16,17). The van der Waals surface area contributed by atoms with Gasteiger partial charge < -0.3 is 19.3 Å². The molecule has 0 amide bonds. The minimum absolute atomic E-state index is 0.0804. The third-order valence-corrected chi connectivity index (χ3v) is 3.33. The topological polar surface area (TPSA) is 65.0 Å². The Bertz CT molecular complexity index is 452. The quantitative estimate of drug-likeness (QED) is 0.866. The van der Waals surface area contributed by atoms with Crippen LogP contribution < -0.4 is 9.47 Å². The lowest BCUT2D eigenvalue weighted by atomic mass is 10.1. The molecule has 5 heteroatoms. The van der Waals surface area contributed by atoms with E-state index in [-0.39, 0.29) is 12.5 Å². The van der Waals surface area contributed by atoms with Crippen LogP contribution in [0.15, 0.2) is 18.2 Å². The van der Waals surface area contributed by atoms with Crippen molar-refractivity contribution < 1.29 is 24.1 Å². The van der Waals surface area contributed by atoms with Crippen molar-refractivity contribution in [2.45, 2.75) is 31.8 Å². The van der Waals surface area contributed by atoms with Crippen molar-refractivity contribution in [3.05, 3.63) is 23.8 Å². The van der Waals surface area contributed by atoms with Gasteiger partial charge in [0.05, 0.1) is 20.3 Å². The molecule has 0 spiro atoms. The van der Waals surface area contributed by atoms with Gasteiger partial charge in [-0.2, -0.15) is 0 Å². The number of rotatable bonds is 6. The van der Waals surface area contributed by atoms with Gasteiger partial charge >= 0.3 is 5.97 Å². The predicted octanol–water partition coefficient (Wildman–Crippen LogP) is 2.27. The number of ether oxygens (including phenoxy) is 3. The highest BCUT2D eigenvalue weighted by Gasteiger charge is 2.18. The van der Waals surface area contributed by atoms with Gasteiger partial charge in [0.1, 0.15) is 6.10 Å². The van der Waals surface area contributed by atoms with Gasteiger partial charge in [-0.05, 0) is 18.1 Å². The fourth-order valence-electron chi connectivity index (χ4n) is 2.30. The highest BCUT2D eigenvalue weighted by Crippen LogP contribution is 2.33. The van der Waals surface area contributed by atoms with Crippen molar-refractivity contribution in [1.82, 2.24) is 0 Å². The summed E-state index contributed by atoms with van der Waals surface area (Å²) in [5.41, 5.74) is 0.861. The number of para-hydroxylation sites is 1. The van der Waals surface area contributed by atoms with Gasteiger partial charge in [0.25, 0.3) is 0 Å². The molecule has 0 aromatic heterocycles. The molecule has 0 bridgehead atoms. The zero-order valence-electron chi connectivity index (χ0n) is 11.6. The van der Waals surface area contributed by atoms with Gasteiger partial charge in [0, 0.05) is 19.3 Å². The largest absolute Gasteiger partial charge is 0.493 e. The van der Waals surface area contributed by atoms with Crippen molar-refractivity contribution in [2.24, 2.45) is 0 Å². The van der Waals surface area contributed by atoms with E-state index >= 15 is 0 Å². The van der Waals surface area contributed by atoms with Crippen LogP contribution in [0.1, 0.15) is 24.8 Å². The van der Waals surface area contributed by atoms with Crippen LogP contribution >= 0.6 is 0 Å². The monoisotopic (exact) mass is 280 g/mol. The average molecular weight is 280 g/mol. The molecule has 1 aliphatic rings. The Kier molecular flexibility index (Phi) is 5.24. The summed E-state index contributed by atoms with van der Waals surface area (Å²) in [6.45, 7) is 1.43. The van der Waals surface area contributed by atoms with Crippen LogP contribution in [0.5, 0.6) is 11.5 Å². The highest BCUT2D eigenvalue weighted by molar-refractivity contribution is 5.67. The number of carboxylic acids is 1. The van der Waals surface area contributed by atoms with E-state index in [1.807, 2.05) is 18.2 Å². The molecule has 1 aromatic carbocycles. The first-order valence-corrected chi connectivity index (χ1v) is 6.82. The van der Waals surface area contributed by atoms with E-state index in [1.165, 1.54) is 0 Å². The predicted molar refractivity (Wildman–Crippen MR) is 73.4 cm³/mol. The van der Waals surface area contributed by atoms with Gasteiger partial charge in [0.15, 0.2) is 11.5 Å². The number of methoxy groups -OCH3 is 1. The van der Waals surface area contributed by atoms with Crippen LogP contribution in [0.2, 0.25) is 0 Å². The van der Waals surface area contributed by atoms with Gasteiger partial charge in [-0.3, -0.25) is 4.79 Å². The average Bonchev–Trinajstić information content (AvgIpc) is 2.46. The minimum atomic E-state index is -0.817. The van der Waals surface area contributed by atoms with Gasteiger partial charge in [0.2, 0.25) is 0 Å². The normalized spacial score (nSPS) is 15.8. The number of aliphatic carboxylic acids is 1. The third-order valence-electron chi connectivity index (χ3n) is 3.33. The summed E-state index contributed by atoms with van der Waals surface area (Å²) in [7, 11) is 1.58. The highest BCUT2D eigenvalue weighted by atomic mass is 16.5. The van der Waals surface area contributed by atoms with Gasteiger partial charge in [-0.25, -0.2) is 0 Å². The molecule has 1 saturated heterocycles. The smallest absolute Gasteiger partial charge is 0.303 e. The van der Waals surface area contributed by atoms with Crippen molar-refractivity contribution in [3.63, 3.8) is 0 Å². The maximum Gasteiger partial charge on any atom is 0.303 e. The zero-order valence-corrected chi connectivity index (χ0v) is 11.6. The minimum Gasteiger partial charge on any atom is -0.493 e. The molecule has 110 valence electrons. The summed E-state index contributed by atoms with van der Waals surface area (Å²) in [4.78, 5) is 10.7. The van der Waals surface area contributed by atoms with Crippen LogP contribution in [0.3, 0.4) is 0 Å². The summed E-state index contributed by atoms with van der Waals surface area (Å²) in [6, 6.07) is 5.60. The second kappa shape index (κ2) is 7.14. The summed E-state index contributed by atoms with van der Waals surface area (Å²) in [6.07, 6.45) is 2.37. The molecule has 20 heavy (non-hydrogen) atoms. The van der Waals surface area contributed by atoms with E-state index in [1.54, 1.807) is 7.11 Å². The molecule has 1 N–H and O–H groups in total. The van der Waals surface area contributed by atoms with E-state index in [2.05, 4.69) is 0 Å². The molecule has 1 heterocycles. The van der Waals surface area contributed by atoms with Crippen LogP contribution in [-0.4, -0.2) is 37.5 Å². The number of benzene rings is 1. The van der Waals surface area contributed by atoms with E-state index < -0.39 is 5.97 Å². The molecular weight excluding hydrogens is 260 g/mol. The maximum absolute atomic E-state index is 10.7. The van der Waals surface area contributed by atoms with E-state index in [0.29, 0.717) is 31.1 Å². The summed E-state index contributed by atoms with van der Waals surface area (Å²) < 4.78 is 16.7. The van der Waals surface area contributed by atoms with E-state index in [4.69, 9.17) is 19.3 Å². The zero-order chi connectivity index (χ0) is 14.4. The molecule has 5 nitrogen and oxygen atoms in total. The number of aryl methyl sites for hydroxylation is 1. The molecule has 0 unspecified atom stereocenters. The van der Waals surface area contributed by atoms with Crippen LogP contribution in [0, 0.1) is 0 Å². The van der Waals surface area contributed by atoms with Crippen molar-refractivity contribution in [3.8, 4) is 11.5 Å². The van der Waals surface area contributed by atoms with Crippen LogP contribution in [-0.2, 0) is 16.0 Å². The van der Waals surface area contributed by atoms with Crippen molar-refractivity contribution >= 4 is 5.97 Å². The van der Waals surface area contributed by atoms with Gasteiger partial charge in [-0.1, -0.05) is 12.1 Å². The molecule has 0 radical (unpaired) electrons. The second-order valence-electron chi connectivity index (χ2n) is 4.77. The Morgan fingerprint density at radius 1 is 1.40 bits per heavy atom. The summed E-state index contributed by atoms with van der Waals surface area (Å²) in [5.74, 6) is 0.505. The fourth-order valence-corrected chi connectivity index (χ4v) is 2.30. The second-order valence-corrected chi connectivity index (χ2v) is 4.77. The number of carboxylic acid groups (broad SMARTS) is 1. The number of carbonyl (C=O) groups is 1. The Morgan fingerprint density at radius 2 is 2.15 bits per heavy atom. The molecule has 0 aliphatic carbocycles. The first-order chi connectivity index (χ1) is 9.70. The Balaban J connectivity index is 2.10. The van der Waals surface area contributed by atoms with E-state index in [9.17, 15) is 4.79 Å². The molecule has 1 aromatic rings. The van der Waals surface area contributed by atoms with Gasteiger partial charge in [-0.15, -0.1) is 0 Å². The van der Waals surface area contributed by atoms with Crippen molar-refractivity contribution in [2.75, 3.05) is 20.3 Å². The molecule has 0 saturated carbocycles. The SMILES string of the molecule is COc1c(CCC(=O)O)cccc1OC1CCOCC1. The van der Waals surface area contributed by atoms with Crippen molar-refractivity contribution in [1.29, 1.82) is 0 Å². The number of hydrogen-bond acceptors (Lipinski definition) is 4.